The van der Waals surface area contributed by atoms with Crippen LogP contribution < -0.4 is 4.74 Å². The summed E-state index contributed by atoms with van der Waals surface area (Å²) >= 11 is 0. The molecule has 4 nitrogen and oxygen atoms in total. The third-order valence-corrected chi connectivity index (χ3v) is 3.94. The van der Waals surface area contributed by atoms with Crippen molar-refractivity contribution in [2.45, 2.75) is 19.6 Å². The van der Waals surface area contributed by atoms with Gasteiger partial charge in [0.25, 0.3) is 0 Å². The lowest BCUT2D eigenvalue weighted by atomic mass is 9.94. The van der Waals surface area contributed by atoms with Gasteiger partial charge in [0.05, 0.1) is 0 Å². The molecule has 108 valence electrons. The Bertz CT molecular complexity index is 696. The Labute approximate surface area is 123 Å². The Balaban J connectivity index is 2.01. The molecule has 0 saturated carbocycles. The van der Waals surface area contributed by atoms with Gasteiger partial charge in [-0.15, -0.1) is 0 Å². The van der Waals surface area contributed by atoms with Gasteiger partial charge in [0, 0.05) is 19.0 Å². The van der Waals surface area contributed by atoms with Crippen LogP contribution >= 0.6 is 0 Å². The lowest BCUT2D eigenvalue weighted by molar-refractivity contribution is 0.0608. The molecule has 0 saturated heterocycles. The summed E-state index contributed by atoms with van der Waals surface area (Å²) in [6.07, 6.45) is -0.865. The van der Waals surface area contributed by atoms with Crippen molar-refractivity contribution in [2.75, 3.05) is 7.05 Å². The Hall–Kier alpha value is -2.49. The molecule has 1 amide bonds. The van der Waals surface area contributed by atoms with Crippen LogP contribution in [-0.4, -0.2) is 29.4 Å². The predicted octanol–water partition coefficient (Wildman–Crippen LogP) is 3.53. The number of fused-ring (bicyclic) bond motifs is 1. The van der Waals surface area contributed by atoms with Crippen LogP contribution in [0.5, 0.6) is 5.75 Å². The molecule has 4 heteroatoms. The van der Waals surface area contributed by atoms with Crippen molar-refractivity contribution >= 4 is 6.09 Å². The number of amides is 1. The third kappa shape index (κ3) is 2.33. The zero-order valence-electron chi connectivity index (χ0n) is 12.0. The van der Waals surface area contributed by atoms with E-state index >= 15 is 0 Å². The van der Waals surface area contributed by atoms with Gasteiger partial charge < -0.3 is 9.84 Å². The Kier molecular flexibility index (Phi) is 3.29. The van der Waals surface area contributed by atoms with E-state index in [4.69, 9.17) is 9.84 Å². The van der Waals surface area contributed by atoms with E-state index in [1.54, 1.807) is 0 Å². The maximum absolute atomic E-state index is 11.1. The van der Waals surface area contributed by atoms with E-state index in [0.29, 0.717) is 6.42 Å². The van der Waals surface area contributed by atoms with Crippen LogP contribution in [0, 0.1) is 6.92 Å². The van der Waals surface area contributed by atoms with Gasteiger partial charge in [0.1, 0.15) is 5.75 Å². The number of carboxylic acid groups (broad SMARTS) is 1. The fourth-order valence-corrected chi connectivity index (χ4v) is 2.72. The Morgan fingerprint density at radius 1 is 1.19 bits per heavy atom. The summed E-state index contributed by atoms with van der Waals surface area (Å²) in [4.78, 5) is 12.3. The largest absolute Gasteiger partial charge is 0.470 e. The maximum atomic E-state index is 11.1. The number of rotatable bonds is 2. The maximum Gasteiger partial charge on any atom is 0.409 e. The molecule has 21 heavy (non-hydrogen) atoms. The molecule has 1 aliphatic heterocycles. The zero-order chi connectivity index (χ0) is 15.0. The molecule has 1 heterocycles. The van der Waals surface area contributed by atoms with Crippen molar-refractivity contribution < 1.29 is 14.6 Å². The third-order valence-electron chi connectivity index (χ3n) is 3.94. The lowest BCUT2D eigenvalue weighted by Crippen LogP contribution is -2.38. The summed E-state index contributed by atoms with van der Waals surface area (Å²) in [5, 5.41) is 9.10. The number of ether oxygens (including phenoxy) is 1. The second-order valence-corrected chi connectivity index (χ2v) is 5.27. The summed E-state index contributed by atoms with van der Waals surface area (Å²) in [6.45, 7) is 2.07. The van der Waals surface area contributed by atoms with E-state index in [1.807, 2.05) is 24.3 Å². The Morgan fingerprint density at radius 3 is 2.62 bits per heavy atom. The molecule has 1 unspecified atom stereocenters. The van der Waals surface area contributed by atoms with E-state index in [1.165, 1.54) is 17.5 Å². The second kappa shape index (κ2) is 5.13. The normalized spacial score (nSPS) is 16.2. The first-order chi connectivity index (χ1) is 10.1. The summed E-state index contributed by atoms with van der Waals surface area (Å²) in [7, 11) is 1.53. The van der Waals surface area contributed by atoms with Crippen molar-refractivity contribution in [3.05, 3.63) is 53.6 Å². The summed E-state index contributed by atoms with van der Waals surface area (Å²) in [5.41, 5.74) is 4.55. The fourth-order valence-electron chi connectivity index (χ4n) is 2.72. The smallest absolute Gasteiger partial charge is 0.409 e. The van der Waals surface area contributed by atoms with Crippen molar-refractivity contribution in [1.29, 1.82) is 0 Å². The van der Waals surface area contributed by atoms with Crippen LogP contribution in [-0.2, 0) is 6.42 Å². The fraction of sp³-hybridized carbons (Fsp3) is 0.235. The molecule has 1 N–H and O–H groups in total. The quantitative estimate of drug-likeness (QED) is 0.917. The highest BCUT2D eigenvalue weighted by Crippen LogP contribution is 2.38. The van der Waals surface area contributed by atoms with E-state index < -0.39 is 12.3 Å². The SMILES string of the molecule is Cc1ccccc1-c1cccc2c1CC(N(C)C(=O)O)O2. The molecule has 1 aliphatic rings. The summed E-state index contributed by atoms with van der Waals surface area (Å²) in [6, 6.07) is 14.1. The molecule has 0 radical (unpaired) electrons. The minimum absolute atomic E-state index is 0.456. The molecular weight excluding hydrogens is 266 g/mol. The topological polar surface area (TPSA) is 49.8 Å². The summed E-state index contributed by atoms with van der Waals surface area (Å²) in [5.74, 6) is 0.772. The molecular formula is C17H17NO3. The molecule has 1 atom stereocenters. The number of likely N-dealkylation sites (N-methyl/N-ethyl adjacent to an activating group) is 1. The molecule has 0 bridgehead atoms. The zero-order valence-corrected chi connectivity index (χ0v) is 12.0. The second-order valence-electron chi connectivity index (χ2n) is 5.27. The first-order valence-corrected chi connectivity index (χ1v) is 6.88. The number of aryl methyl sites for hydroxylation is 1. The highest BCUT2D eigenvalue weighted by molar-refractivity contribution is 5.74. The van der Waals surface area contributed by atoms with Crippen molar-refractivity contribution in [3.8, 4) is 16.9 Å². The van der Waals surface area contributed by atoms with Gasteiger partial charge in [-0.3, -0.25) is 4.90 Å². The molecule has 2 aromatic rings. The monoisotopic (exact) mass is 283 g/mol. The van der Waals surface area contributed by atoms with Gasteiger partial charge in [-0.2, -0.15) is 0 Å². The van der Waals surface area contributed by atoms with E-state index in [-0.39, 0.29) is 0 Å². The van der Waals surface area contributed by atoms with Gasteiger partial charge in [0.2, 0.25) is 0 Å². The standard InChI is InChI=1S/C17H17NO3/c1-11-6-3-4-7-12(11)13-8-5-9-15-14(13)10-16(21-15)18(2)17(19)20/h3-9,16H,10H2,1-2H3,(H,19,20). The van der Waals surface area contributed by atoms with Crippen molar-refractivity contribution in [2.24, 2.45) is 0 Å². The van der Waals surface area contributed by atoms with Crippen LogP contribution in [0.25, 0.3) is 11.1 Å². The van der Waals surface area contributed by atoms with Crippen molar-refractivity contribution in [1.82, 2.24) is 4.90 Å². The highest BCUT2D eigenvalue weighted by atomic mass is 16.5. The molecule has 0 spiro atoms. The van der Waals surface area contributed by atoms with Crippen LogP contribution in [0.3, 0.4) is 0 Å². The van der Waals surface area contributed by atoms with E-state index in [2.05, 4.69) is 25.1 Å². The average molecular weight is 283 g/mol. The van der Waals surface area contributed by atoms with Crippen LogP contribution in [0.15, 0.2) is 42.5 Å². The van der Waals surface area contributed by atoms with Gasteiger partial charge in [-0.05, 0) is 29.7 Å². The summed E-state index contributed by atoms with van der Waals surface area (Å²) < 4.78 is 5.78. The molecule has 0 aromatic heterocycles. The molecule has 3 rings (SSSR count). The van der Waals surface area contributed by atoms with Crippen molar-refractivity contribution in [3.63, 3.8) is 0 Å². The average Bonchev–Trinajstić information content (AvgIpc) is 2.90. The predicted molar refractivity (Wildman–Crippen MR) is 80.5 cm³/mol. The van der Waals surface area contributed by atoms with Gasteiger partial charge in [0.15, 0.2) is 6.23 Å². The van der Waals surface area contributed by atoms with Crippen LogP contribution in [0.2, 0.25) is 0 Å². The first-order valence-electron chi connectivity index (χ1n) is 6.88. The van der Waals surface area contributed by atoms with E-state index in [9.17, 15) is 4.79 Å². The van der Waals surface area contributed by atoms with Crippen LogP contribution in [0.4, 0.5) is 4.79 Å². The number of nitrogens with zero attached hydrogens (tertiary/aromatic N) is 1. The number of hydrogen-bond acceptors (Lipinski definition) is 2. The number of hydrogen-bond donors (Lipinski definition) is 1. The molecule has 2 aromatic carbocycles. The molecule has 0 aliphatic carbocycles. The highest BCUT2D eigenvalue weighted by Gasteiger charge is 2.30. The minimum atomic E-state index is -0.981. The minimum Gasteiger partial charge on any atom is -0.470 e. The van der Waals surface area contributed by atoms with Gasteiger partial charge in [-0.1, -0.05) is 36.4 Å². The van der Waals surface area contributed by atoms with Gasteiger partial charge >= 0.3 is 6.09 Å². The number of benzene rings is 2. The van der Waals surface area contributed by atoms with Gasteiger partial charge in [-0.25, -0.2) is 4.79 Å². The first kappa shape index (κ1) is 13.5. The Morgan fingerprint density at radius 2 is 1.90 bits per heavy atom. The van der Waals surface area contributed by atoms with E-state index in [0.717, 1.165) is 22.4 Å². The molecule has 0 fully saturated rings. The number of carbonyl (C=O) groups is 1. The lowest BCUT2D eigenvalue weighted by Gasteiger charge is -2.20. The van der Waals surface area contributed by atoms with Crippen LogP contribution in [0.1, 0.15) is 11.1 Å².